The molecule has 2 N–H and O–H groups in total. The molecule has 5 heteroatoms. The molecule has 1 saturated carbocycles. The maximum Gasteiger partial charge on any atom is 0.340 e. The van der Waals surface area contributed by atoms with E-state index in [1.807, 2.05) is 0 Å². The summed E-state index contributed by atoms with van der Waals surface area (Å²) >= 11 is 5.70. The average molecular weight is 241 g/mol. The van der Waals surface area contributed by atoms with Gasteiger partial charge in [-0.15, -0.1) is 0 Å². The number of carbonyl (C=O) groups is 1. The maximum absolute atomic E-state index is 11.8. The first-order valence-corrected chi connectivity index (χ1v) is 5.66. The highest BCUT2D eigenvalue weighted by atomic mass is 35.5. The number of hydrogen-bond donors (Lipinski definition) is 1. The fourth-order valence-electron chi connectivity index (χ4n) is 1.84. The Bertz CT molecular complexity index is 403. The third-order valence-electron chi connectivity index (χ3n) is 2.70. The van der Waals surface area contributed by atoms with E-state index in [0.717, 1.165) is 25.7 Å². The minimum atomic E-state index is -0.409. The highest BCUT2D eigenvalue weighted by Gasteiger charge is 2.21. The van der Waals surface area contributed by atoms with Crippen molar-refractivity contribution in [2.24, 2.45) is 0 Å². The molecular formula is C11H13ClN2O2. The predicted molar refractivity (Wildman–Crippen MR) is 61.3 cm³/mol. The smallest absolute Gasteiger partial charge is 0.340 e. The Kier molecular flexibility index (Phi) is 3.29. The van der Waals surface area contributed by atoms with Crippen LogP contribution in [0.4, 0.5) is 5.69 Å². The molecule has 1 aliphatic carbocycles. The number of carbonyl (C=O) groups excluding carboxylic acids is 1. The fraction of sp³-hybridized carbons (Fsp3) is 0.455. The second-order valence-electron chi connectivity index (χ2n) is 3.91. The predicted octanol–water partition coefficient (Wildman–Crippen LogP) is 2.42. The number of nitrogen functional groups attached to an aromatic ring is 1. The monoisotopic (exact) mass is 240 g/mol. The van der Waals surface area contributed by atoms with Crippen LogP contribution in [-0.2, 0) is 4.74 Å². The first-order chi connectivity index (χ1) is 7.66. The van der Waals surface area contributed by atoms with Gasteiger partial charge in [0.1, 0.15) is 11.3 Å². The van der Waals surface area contributed by atoms with Crippen LogP contribution in [0.3, 0.4) is 0 Å². The molecule has 0 aromatic carbocycles. The first-order valence-electron chi connectivity index (χ1n) is 5.29. The second kappa shape index (κ2) is 4.70. The number of nitrogens with two attached hydrogens (primary N) is 1. The lowest BCUT2D eigenvalue weighted by Gasteiger charge is -2.12. The molecule has 4 nitrogen and oxygen atoms in total. The van der Waals surface area contributed by atoms with Crippen LogP contribution in [0.15, 0.2) is 12.3 Å². The van der Waals surface area contributed by atoms with Crippen molar-refractivity contribution in [1.82, 2.24) is 4.98 Å². The topological polar surface area (TPSA) is 65.2 Å². The number of pyridine rings is 1. The van der Waals surface area contributed by atoms with Gasteiger partial charge in [-0.05, 0) is 31.7 Å². The lowest BCUT2D eigenvalue weighted by Crippen LogP contribution is -2.16. The van der Waals surface area contributed by atoms with Gasteiger partial charge >= 0.3 is 5.97 Å². The van der Waals surface area contributed by atoms with E-state index in [0.29, 0.717) is 11.3 Å². The Hall–Kier alpha value is -1.29. The summed E-state index contributed by atoms with van der Waals surface area (Å²) in [6, 6.07) is 1.44. The number of esters is 1. The maximum atomic E-state index is 11.8. The van der Waals surface area contributed by atoms with E-state index in [1.165, 1.54) is 12.3 Å². The van der Waals surface area contributed by atoms with E-state index in [4.69, 9.17) is 22.1 Å². The van der Waals surface area contributed by atoms with Crippen molar-refractivity contribution in [3.8, 4) is 0 Å². The number of ether oxygens (including phenoxy) is 1. The minimum absolute atomic E-state index is 0.0267. The Labute approximate surface area is 98.8 Å². The van der Waals surface area contributed by atoms with Crippen molar-refractivity contribution < 1.29 is 9.53 Å². The van der Waals surface area contributed by atoms with Gasteiger partial charge in [-0.1, -0.05) is 11.6 Å². The third kappa shape index (κ3) is 2.44. The molecule has 0 radical (unpaired) electrons. The van der Waals surface area contributed by atoms with Crippen molar-refractivity contribution in [1.29, 1.82) is 0 Å². The van der Waals surface area contributed by atoms with Crippen molar-refractivity contribution in [2.75, 3.05) is 5.73 Å². The highest BCUT2D eigenvalue weighted by molar-refractivity contribution is 6.29. The summed E-state index contributed by atoms with van der Waals surface area (Å²) < 4.78 is 5.33. The van der Waals surface area contributed by atoms with Gasteiger partial charge < -0.3 is 10.5 Å². The number of rotatable bonds is 2. The molecule has 0 saturated heterocycles. The number of nitrogens with zero attached hydrogens (tertiary/aromatic N) is 1. The lowest BCUT2D eigenvalue weighted by molar-refractivity contribution is 0.0319. The summed E-state index contributed by atoms with van der Waals surface area (Å²) in [4.78, 5) is 15.6. The van der Waals surface area contributed by atoms with Gasteiger partial charge in [0.25, 0.3) is 0 Å². The van der Waals surface area contributed by atoms with Crippen LogP contribution < -0.4 is 5.73 Å². The molecule has 16 heavy (non-hydrogen) atoms. The molecule has 1 aromatic rings. The quantitative estimate of drug-likeness (QED) is 0.637. The molecule has 2 rings (SSSR count). The molecule has 0 atom stereocenters. The summed E-state index contributed by atoms with van der Waals surface area (Å²) in [5, 5.41) is 0.243. The van der Waals surface area contributed by atoms with E-state index in [1.54, 1.807) is 0 Å². The Morgan fingerprint density at radius 3 is 2.88 bits per heavy atom. The van der Waals surface area contributed by atoms with Crippen molar-refractivity contribution in [3.63, 3.8) is 0 Å². The molecule has 1 aromatic heterocycles. The van der Waals surface area contributed by atoms with Crippen LogP contribution in [0, 0.1) is 0 Å². The molecule has 0 amide bonds. The molecular weight excluding hydrogens is 228 g/mol. The SMILES string of the molecule is Nc1cnc(Cl)cc1C(=O)OC1CCCC1. The van der Waals surface area contributed by atoms with E-state index in [9.17, 15) is 4.79 Å². The Balaban J connectivity index is 2.10. The number of hydrogen-bond acceptors (Lipinski definition) is 4. The van der Waals surface area contributed by atoms with Gasteiger partial charge in [0.2, 0.25) is 0 Å². The number of halogens is 1. The van der Waals surface area contributed by atoms with Gasteiger partial charge in [0, 0.05) is 0 Å². The zero-order chi connectivity index (χ0) is 11.5. The van der Waals surface area contributed by atoms with Gasteiger partial charge in [-0.25, -0.2) is 9.78 Å². The summed E-state index contributed by atoms with van der Waals surface area (Å²) in [6.07, 6.45) is 5.50. The Morgan fingerprint density at radius 1 is 1.50 bits per heavy atom. The largest absolute Gasteiger partial charge is 0.459 e. The van der Waals surface area contributed by atoms with Crippen molar-refractivity contribution in [2.45, 2.75) is 31.8 Å². The van der Waals surface area contributed by atoms with E-state index in [-0.39, 0.29) is 11.3 Å². The third-order valence-corrected chi connectivity index (χ3v) is 2.90. The molecule has 1 heterocycles. The molecule has 0 bridgehead atoms. The summed E-state index contributed by atoms with van der Waals surface area (Å²) in [5.74, 6) is -0.409. The normalized spacial score (nSPS) is 16.3. The number of anilines is 1. The van der Waals surface area contributed by atoms with Gasteiger partial charge in [-0.3, -0.25) is 0 Å². The van der Waals surface area contributed by atoms with Crippen LogP contribution >= 0.6 is 11.6 Å². The van der Waals surface area contributed by atoms with E-state index >= 15 is 0 Å². The van der Waals surface area contributed by atoms with E-state index in [2.05, 4.69) is 4.98 Å². The van der Waals surface area contributed by atoms with Gasteiger partial charge in [-0.2, -0.15) is 0 Å². The standard InChI is InChI=1S/C11H13ClN2O2/c12-10-5-8(9(13)6-14-10)11(15)16-7-3-1-2-4-7/h5-7H,1-4,13H2. The molecule has 0 aliphatic heterocycles. The van der Waals surface area contributed by atoms with Crippen LogP contribution in [0.25, 0.3) is 0 Å². The van der Waals surface area contributed by atoms with Crippen molar-refractivity contribution >= 4 is 23.3 Å². The van der Waals surface area contributed by atoms with Crippen LogP contribution in [0.2, 0.25) is 5.15 Å². The zero-order valence-corrected chi connectivity index (χ0v) is 9.54. The van der Waals surface area contributed by atoms with Gasteiger partial charge in [0.05, 0.1) is 17.4 Å². The molecule has 0 spiro atoms. The van der Waals surface area contributed by atoms with Crippen molar-refractivity contribution in [3.05, 3.63) is 23.0 Å². The first kappa shape index (κ1) is 11.2. The van der Waals surface area contributed by atoms with Crippen LogP contribution in [0.5, 0.6) is 0 Å². The average Bonchev–Trinajstić information content (AvgIpc) is 2.74. The van der Waals surface area contributed by atoms with Crippen LogP contribution in [0.1, 0.15) is 36.0 Å². The van der Waals surface area contributed by atoms with Crippen LogP contribution in [-0.4, -0.2) is 17.1 Å². The minimum Gasteiger partial charge on any atom is -0.459 e. The summed E-state index contributed by atoms with van der Waals surface area (Å²) in [7, 11) is 0. The second-order valence-corrected chi connectivity index (χ2v) is 4.29. The zero-order valence-electron chi connectivity index (χ0n) is 8.78. The molecule has 0 unspecified atom stereocenters. The van der Waals surface area contributed by atoms with E-state index < -0.39 is 5.97 Å². The highest BCUT2D eigenvalue weighted by Crippen LogP contribution is 2.23. The lowest BCUT2D eigenvalue weighted by atomic mass is 10.2. The molecule has 1 fully saturated rings. The molecule has 86 valence electrons. The van der Waals surface area contributed by atoms with Gasteiger partial charge in [0.15, 0.2) is 0 Å². The number of aromatic nitrogens is 1. The summed E-state index contributed by atoms with van der Waals surface area (Å²) in [6.45, 7) is 0. The fourth-order valence-corrected chi connectivity index (χ4v) is 2.00. The summed E-state index contributed by atoms with van der Waals surface area (Å²) in [5.41, 5.74) is 6.24. The Morgan fingerprint density at radius 2 is 2.19 bits per heavy atom. The molecule has 1 aliphatic rings.